The number of nitrogens with zero attached hydrogens (tertiary/aromatic N) is 1. The second-order valence-electron chi connectivity index (χ2n) is 6.97. The molecule has 0 fully saturated rings. The van der Waals surface area contributed by atoms with E-state index in [1.165, 1.54) is 37.9 Å². The van der Waals surface area contributed by atoms with E-state index >= 15 is 0 Å². The Morgan fingerprint density at radius 3 is 1.64 bits per heavy atom. The van der Waals surface area contributed by atoms with Crippen molar-refractivity contribution in [3.05, 3.63) is 96.6 Å². The van der Waals surface area contributed by atoms with Crippen molar-refractivity contribution in [1.29, 1.82) is 5.26 Å². The molecule has 28 heavy (non-hydrogen) atoms. The second kappa shape index (κ2) is 6.83. The van der Waals surface area contributed by atoms with Crippen LogP contribution in [0.4, 0.5) is 0 Å². The van der Waals surface area contributed by atoms with E-state index in [1.54, 1.807) is 0 Å². The van der Waals surface area contributed by atoms with Crippen LogP contribution >= 0.6 is 0 Å². The third-order valence-corrected chi connectivity index (χ3v) is 5.46. The van der Waals surface area contributed by atoms with E-state index in [-0.39, 0.29) is 0 Å². The van der Waals surface area contributed by atoms with Crippen molar-refractivity contribution in [2.75, 3.05) is 0 Å². The van der Waals surface area contributed by atoms with Crippen LogP contribution in [-0.2, 0) is 0 Å². The number of hydrogen-bond donors (Lipinski definition) is 0. The van der Waals surface area contributed by atoms with Gasteiger partial charge in [-0.2, -0.15) is 5.26 Å². The molecule has 0 radical (unpaired) electrons. The summed E-state index contributed by atoms with van der Waals surface area (Å²) in [4.78, 5) is 0. The SMILES string of the molecule is C=C/C(=C\C)c1cc2ccc3cc(/C(=C/C)C(=C)C#N)cc4ccc(c1)c2c34. The van der Waals surface area contributed by atoms with Crippen LogP contribution in [0.5, 0.6) is 0 Å². The Bertz CT molecular complexity index is 1290. The number of hydrogen-bond acceptors (Lipinski definition) is 1. The summed E-state index contributed by atoms with van der Waals surface area (Å²) in [5, 5.41) is 16.7. The first kappa shape index (κ1) is 17.8. The molecule has 0 aliphatic heterocycles. The first-order chi connectivity index (χ1) is 13.6. The van der Waals surface area contributed by atoms with E-state index < -0.39 is 0 Å². The predicted octanol–water partition coefficient (Wildman–Crippen LogP) is 7.66. The fourth-order valence-corrected chi connectivity index (χ4v) is 4.14. The van der Waals surface area contributed by atoms with Gasteiger partial charge < -0.3 is 0 Å². The molecule has 134 valence electrons. The molecule has 0 N–H and O–H groups in total. The molecule has 0 amide bonds. The van der Waals surface area contributed by atoms with Gasteiger partial charge in [-0.15, -0.1) is 0 Å². The van der Waals surface area contributed by atoms with Gasteiger partial charge in [0.2, 0.25) is 0 Å². The first-order valence-electron chi connectivity index (χ1n) is 9.39. The maximum atomic E-state index is 9.28. The smallest absolute Gasteiger partial charge is 0.0991 e. The molecular weight excluding hydrogens is 338 g/mol. The highest BCUT2D eigenvalue weighted by atomic mass is 14.3. The summed E-state index contributed by atoms with van der Waals surface area (Å²) in [5.74, 6) is 0. The van der Waals surface area contributed by atoms with Crippen molar-refractivity contribution in [3.63, 3.8) is 0 Å². The Kier molecular flexibility index (Phi) is 4.34. The molecule has 0 aliphatic rings. The lowest BCUT2D eigenvalue weighted by molar-refractivity contribution is 1.50. The molecule has 4 aromatic rings. The van der Waals surface area contributed by atoms with Crippen LogP contribution in [0.1, 0.15) is 25.0 Å². The van der Waals surface area contributed by atoms with E-state index in [9.17, 15) is 5.26 Å². The van der Waals surface area contributed by atoms with Crippen molar-refractivity contribution in [2.24, 2.45) is 0 Å². The molecular formula is C27H21N. The Morgan fingerprint density at radius 2 is 1.29 bits per heavy atom. The molecule has 0 saturated heterocycles. The van der Waals surface area contributed by atoms with E-state index in [0.29, 0.717) is 5.57 Å². The highest BCUT2D eigenvalue weighted by molar-refractivity contribution is 6.24. The van der Waals surface area contributed by atoms with Gasteiger partial charge in [0.25, 0.3) is 0 Å². The monoisotopic (exact) mass is 359 g/mol. The van der Waals surface area contributed by atoms with E-state index in [1.807, 2.05) is 26.0 Å². The summed E-state index contributed by atoms with van der Waals surface area (Å²) in [6.45, 7) is 11.8. The van der Waals surface area contributed by atoms with Crippen LogP contribution in [0.15, 0.2) is 85.5 Å². The van der Waals surface area contributed by atoms with Crippen LogP contribution in [0.3, 0.4) is 0 Å². The highest BCUT2D eigenvalue weighted by Crippen LogP contribution is 2.38. The van der Waals surface area contributed by atoms with Crippen molar-refractivity contribution < 1.29 is 0 Å². The second-order valence-corrected chi connectivity index (χ2v) is 6.97. The summed E-state index contributed by atoms with van der Waals surface area (Å²) in [6, 6.07) is 19.7. The zero-order chi connectivity index (χ0) is 19.8. The highest BCUT2D eigenvalue weighted by Gasteiger charge is 2.13. The number of allylic oxidation sites excluding steroid dienone is 6. The van der Waals surface area contributed by atoms with Crippen LogP contribution in [0.2, 0.25) is 0 Å². The van der Waals surface area contributed by atoms with Crippen molar-refractivity contribution >= 4 is 43.5 Å². The fourth-order valence-electron chi connectivity index (χ4n) is 4.14. The standard InChI is InChI=1S/C27H21N/c1-5-18(6-2)23-12-19-8-10-21-14-24(25(7-3)17(4)16-28)15-22-11-9-20(13-23)26(19)27(21)22/h5-15H,1,4H2,2-3H3/b18-6+,25-7+. The Morgan fingerprint density at radius 1 is 0.821 bits per heavy atom. The zero-order valence-corrected chi connectivity index (χ0v) is 16.2. The van der Waals surface area contributed by atoms with Gasteiger partial charge in [0.05, 0.1) is 11.6 Å². The minimum Gasteiger partial charge on any atom is -0.192 e. The lowest BCUT2D eigenvalue weighted by atomic mass is 9.88. The van der Waals surface area contributed by atoms with Gasteiger partial charge in [0, 0.05) is 0 Å². The van der Waals surface area contributed by atoms with Gasteiger partial charge in [0.15, 0.2) is 0 Å². The van der Waals surface area contributed by atoms with Crippen LogP contribution in [0, 0.1) is 11.3 Å². The summed E-state index contributed by atoms with van der Waals surface area (Å²) in [5.41, 5.74) is 4.73. The lowest BCUT2D eigenvalue weighted by Gasteiger charge is -2.15. The molecule has 4 aromatic carbocycles. The topological polar surface area (TPSA) is 23.8 Å². The molecule has 0 heterocycles. The minimum absolute atomic E-state index is 0.489. The molecule has 4 rings (SSSR count). The third kappa shape index (κ3) is 2.63. The van der Waals surface area contributed by atoms with Crippen LogP contribution in [-0.4, -0.2) is 0 Å². The quantitative estimate of drug-likeness (QED) is 0.208. The van der Waals surface area contributed by atoms with E-state index in [0.717, 1.165) is 16.7 Å². The van der Waals surface area contributed by atoms with Gasteiger partial charge in [-0.25, -0.2) is 0 Å². The predicted molar refractivity (Wildman–Crippen MR) is 122 cm³/mol. The van der Waals surface area contributed by atoms with Gasteiger partial charge in [-0.05, 0) is 92.7 Å². The van der Waals surface area contributed by atoms with Gasteiger partial charge in [0.1, 0.15) is 0 Å². The van der Waals surface area contributed by atoms with Gasteiger partial charge in [-0.1, -0.05) is 55.7 Å². The summed E-state index contributed by atoms with van der Waals surface area (Å²) in [7, 11) is 0. The normalized spacial score (nSPS) is 12.6. The molecule has 0 atom stereocenters. The molecule has 0 spiro atoms. The molecule has 0 aliphatic carbocycles. The molecule has 0 aromatic heterocycles. The van der Waals surface area contributed by atoms with Crippen LogP contribution in [0.25, 0.3) is 43.5 Å². The molecule has 0 bridgehead atoms. The molecule has 1 nitrogen and oxygen atoms in total. The lowest BCUT2D eigenvalue weighted by Crippen LogP contribution is -1.91. The minimum atomic E-state index is 0.489. The maximum Gasteiger partial charge on any atom is 0.0991 e. The number of rotatable bonds is 4. The van der Waals surface area contributed by atoms with Crippen molar-refractivity contribution in [2.45, 2.75) is 13.8 Å². The molecule has 0 unspecified atom stereocenters. The van der Waals surface area contributed by atoms with Gasteiger partial charge in [-0.3, -0.25) is 0 Å². The van der Waals surface area contributed by atoms with Crippen molar-refractivity contribution in [3.8, 4) is 6.07 Å². The number of benzene rings is 4. The Labute approximate surface area is 165 Å². The van der Waals surface area contributed by atoms with Gasteiger partial charge >= 0.3 is 0 Å². The summed E-state index contributed by atoms with van der Waals surface area (Å²) >= 11 is 0. The van der Waals surface area contributed by atoms with Crippen LogP contribution < -0.4 is 0 Å². The first-order valence-corrected chi connectivity index (χ1v) is 9.39. The van der Waals surface area contributed by atoms with Crippen molar-refractivity contribution in [1.82, 2.24) is 0 Å². The number of nitriles is 1. The average Bonchev–Trinajstić information content (AvgIpc) is 2.73. The molecule has 0 saturated carbocycles. The Balaban J connectivity index is 2.05. The largest absolute Gasteiger partial charge is 0.192 e. The Hall–Kier alpha value is -3.63. The average molecular weight is 359 g/mol. The summed E-state index contributed by atoms with van der Waals surface area (Å²) < 4.78 is 0. The molecule has 1 heteroatoms. The zero-order valence-electron chi connectivity index (χ0n) is 16.2. The van der Waals surface area contributed by atoms with E-state index in [4.69, 9.17) is 0 Å². The third-order valence-electron chi connectivity index (χ3n) is 5.46. The summed E-state index contributed by atoms with van der Waals surface area (Å²) in [6.07, 6.45) is 5.95. The van der Waals surface area contributed by atoms with E-state index in [2.05, 4.69) is 73.8 Å². The maximum absolute atomic E-state index is 9.28. The fraction of sp³-hybridized carbons (Fsp3) is 0.0741.